The molecule has 0 atom stereocenters. The number of nitrogens with zero attached hydrogens (tertiary/aromatic N) is 4. The van der Waals surface area contributed by atoms with Crippen LogP contribution in [0, 0.1) is 6.92 Å². The molecule has 0 spiro atoms. The Kier molecular flexibility index (Phi) is 4.88. The monoisotopic (exact) mass is 396 g/mol. The molecule has 0 aliphatic rings. The number of anilines is 1. The van der Waals surface area contributed by atoms with E-state index in [2.05, 4.69) is 40.6 Å². The summed E-state index contributed by atoms with van der Waals surface area (Å²) in [6, 6.07) is 14.0. The maximum atomic E-state index is 12.6. The van der Waals surface area contributed by atoms with E-state index >= 15 is 0 Å². The molecule has 7 heteroatoms. The summed E-state index contributed by atoms with van der Waals surface area (Å²) < 4.78 is 3.41. The number of aryl methyl sites for hydroxylation is 2. The number of thiophene rings is 1. The van der Waals surface area contributed by atoms with Crippen LogP contribution in [-0.2, 0) is 11.2 Å². The van der Waals surface area contributed by atoms with Crippen LogP contribution in [0.15, 0.2) is 47.5 Å². The lowest BCUT2D eigenvalue weighted by Crippen LogP contribution is -2.27. The predicted molar refractivity (Wildman–Crippen MR) is 113 cm³/mol. The summed E-state index contributed by atoms with van der Waals surface area (Å²) >= 11 is 3.21. The van der Waals surface area contributed by atoms with Crippen molar-refractivity contribution in [3.63, 3.8) is 0 Å². The van der Waals surface area contributed by atoms with Gasteiger partial charge < -0.3 is 4.90 Å². The molecule has 5 nitrogen and oxygen atoms in total. The fraction of sp³-hybridized carbons (Fsp3) is 0.250. The Morgan fingerprint density at radius 3 is 2.70 bits per heavy atom. The lowest BCUT2D eigenvalue weighted by Gasteiger charge is -2.17. The second-order valence-corrected chi connectivity index (χ2v) is 8.58. The highest BCUT2D eigenvalue weighted by molar-refractivity contribution is 8.00. The molecule has 3 aromatic heterocycles. The minimum atomic E-state index is 0.0370. The summed E-state index contributed by atoms with van der Waals surface area (Å²) in [4.78, 5) is 15.6. The van der Waals surface area contributed by atoms with Crippen LogP contribution in [0.4, 0.5) is 5.69 Å². The Morgan fingerprint density at radius 1 is 1.19 bits per heavy atom. The number of fused-ring (bicyclic) bond motifs is 3. The summed E-state index contributed by atoms with van der Waals surface area (Å²) in [5.41, 5.74) is 3.09. The third-order valence-corrected chi connectivity index (χ3v) is 6.45. The number of thioether (sulfide) groups is 1. The van der Waals surface area contributed by atoms with Crippen molar-refractivity contribution in [2.45, 2.75) is 25.3 Å². The van der Waals surface area contributed by atoms with Gasteiger partial charge in [-0.05, 0) is 31.2 Å². The molecular formula is C20H20N4OS2. The smallest absolute Gasteiger partial charge is 0.237 e. The second-order valence-electron chi connectivity index (χ2n) is 6.32. The van der Waals surface area contributed by atoms with Crippen LogP contribution < -0.4 is 4.90 Å². The number of benzene rings is 1. The average Bonchev–Trinajstić information content (AvgIpc) is 3.22. The number of para-hydroxylation sites is 1. The van der Waals surface area contributed by atoms with Gasteiger partial charge in [-0.3, -0.25) is 9.20 Å². The number of hydrogen-bond donors (Lipinski definition) is 0. The summed E-state index contributed by atoms with van der Waals surface area (Å²) in [6.45, 7) is 4.20. The molecule has 4 aromatic rings. The van der Waals surface area contributed by atoms with Gasteiger partial charge in [0.05, 0.1) is 21.5 Å². The van der Waals surface area contributed by atoms with Gasteiger partial charge >= 0.3 is 0 Å². The van der Waals surface area contributed by atoms with Gasteiger partial charge in [0, 0.05) is 24.0 Å². The van der Waals surface area contributed by atoms with Crippen LogP contribution in [0.5, 0.6) is 0 Å². The van der Waals surface area contributed by atoms with Crippen molar-refractivity contribution in [2.24, 2.45) is 0 Å². The molecule has 3 heterocycles. The van der Waals surface area contributed by atoms with E-state index in [0.29, 0.717) is 5.75 Å². The van der Waals surface area contributed by atoms with E-state index in [1.807, 2.05) is 30.3 Å². The maximum Gasteiger partial charge on any atom is 0.237 e. The number of carbonyl (C=O) groups is 1. The molecule has 0 N–H and O–H groups in total. The number of amides is 1. The largest absolute Gasteiger partial charge is 0.315 e. The van der Waals surface area contributed by atoms with Gasteiger partial charge in [-0.25, -0.2) is 0 Å². The Morgan fingerprint density at radius 2 is 1.96 bits per heavy atom. The molecule has 4 rings (SSSR count). The van der Waals surface area contributed by atoms with Crippen molar-refractivity contribution >= 4 is 50.4 Å². The molecule has 0 bridgehead atoms. The van der Waals surface area contributed by atoms with Crippen molar-refractivity contribution in [3.05, 3.63) is 53.2 Å². The molecule has 1 aromatic carbocycles. The normalized spacial score (nSPS) is 11.4. The van der Waals surface area contributed by atoms with Crippen LogP contribution in [0.25, 0.3) is 15.7 Å². The van der Waals surface area contributed by atoms with E-state index in [-0.39, 0.29) is 5.91 Å². The highest BCUT2D eigenvalue weighted by Crippen LogP contribution is 2.33. The standard InChI is InChI=1S/C20H20N4OS2/c1-4-18-21-22-20(16-11-17-15(24(16)18)10-13(2)27-17)26-12-19(25)23(3)14-8-6-5-7-9-14/h5-11H,4,12H2,1-3H3. The predicted octanol–water partition coefficient (Wildman–Crippen LogP) is 4.57. The van der Waals surface area contributed by atoms with Gasteiger partial charge in [0.15, 0.2) is 0 Å². The van der Waals surface area contributed by atoms with Gasteiger partial charge in [0.25, 0.3) is 0 Å². The molecule has 0 aliphatic heterocycles. The maximum absolute atomic E-state index is 12.6. The van der Waals surface area contributed by atoms with Crippen molar-refractivity contribution in [3.8, 4) is 0 Å². The highest BCUT2D eigenvalue weighted by atomic mass is 32.2. The van der Waals surface area contributed by atoms with Gasteiger partial charge in [-0.1, -0.05) is 36.9 Å². The molecule has 138 valence electrons. The quantitative estimate of drug-likeness (QED) is 0.464. The van der Waals surface area contributed by atoms with Crippen LogP contribution >= 0.6 is 23.1 Å². The second kappa shape index (κ2) is 7.32. The van der Waals surface area contributed by atoms with Crippen molar-refractivity contribution in [2.75, 3.05) is 17.7 Å². The molecule has 0 saturated carbocycles. The summed E-state index contributed by atoms with van der Waals surface area (Å²) in [5, 5.41) is 9.61. The molecule has 1 amide bonds. The Hall–Kier alpha value is -2.38. The Balaban J connectivity index is 1.62. The van der Waals surface area contributed by atoms with Gasteiger partial charge in [0.1, 0.15) is 10.9 Å². The van der Waals surface area contributed by atoms with Gasteiger partial charge in [0.2, 0.25) is 5.91 Å². The number of carbonyl (C=O) groups excluding carboxylic acids is 1. The van der Waals surface area contributed by atoms with Crippen molar-refractivity contribution < 1.29 is 4.79 Å². The third-order valence-electron chi connectivity index (χ3n) is 4.51. The van der Waals surface area contributed by atoms with E-state index in [0.717, 1.165) is 28.5 Å². The summed E-state index contributed by atoms with van der Waals surface area (Å²) in [7, 11) is 1.80. The van der Waals surface area contributed by atoms with Crippen LogP contribution in [0.1, 0.15) is 17.6 Å². The molecular weight excluding hydrogens is 376 g/mol. The van der Waals surface area contributed by atoms with E-state index < -0.39 is 0 Å². The number of aromatic nitrogens is 3. The molecule has 0 aliphatic carbocycles. The van der Waals surface area contributed by atoms with Crippen LogP contribution in [0.3, 0.4) is 0 Å². The van der Waals surface area contributed by atoms with Crippen molar-refractivity contribution in [1.82, 2.24) is 14.6 Å². The zero-order chi connectivity index (χ0) is 19.0. The minimum absolute atomic E-state index is 0.0370. The van der Waals surface area contributed by atoms with Gasteiger partial charge in [-0.15, -0.1) is 21.5 Å². The van der Waals surface area contributed by atoms with Crippen molar-refractivity contribution in [1.29, 1.82) is 0 Å². The molecule has 0 unspecified atom stereocenters. The number of rotatable bonds is 5. The molecule has 27 heavy (non-hydrogen) atoms. The first kappa shape index (κ1) is 18.0. The average molecular weight is 397 g/mol. The summed E-state index contributed by atoms with van der Waals surface area (Å²) in [5.74, 6) is 1.30. The molecule has 0 saturated heterocycles. The topological polar surface area (TPSA) is 50.5 Å². The van der Waals surface area contributed by atoms with Gasteiger partial charge in [-0.2, -0.15) is 0 Å². The summed E-state index contributed by atoms with van der Waals surface area (Å²) in [6.07, 6.45) is 0.808. The zero-order valence-electron chi connectivity index (χ0n) is 15.5. The van der Waals surface area contributed by atoms with E-state index in [4.69, 9.17) is 0 Å². The van der Waals surface area contributed by atoms with E-state index in [1.54, 1.807) is 23.3 Å². The number of hydrogen-bond acceptors (Lipinski definition) is 5. The Labute approximate surface area is 166 Å². The van der Waals surface area contributed by atoms with E-state index in [9.17, 15) is 4.79 Å². The minimum Gasteiger partial charge on any atom is -0.315 e. The van der Waals surface area contributed by atoms with E-state index in [1.165, 1.54) is 26.9 Å². The molecule has 0 fully saturated rings. The van der Waals surface area contributed by atoms with Crippen LogP contribution in [-0.4, -0.2) is 33.3 Å². The Bertz CT molecular complexity index is 1120. The first-order valence-corrected chi connectivity index (χ1v) is 10.6. The SMILES string of the molecule is CCc1nnc(SCC(=O)N(C)c2ccccc2)c2cc3sc(C)cc3n12. The first-order valence-electron chi connectivity index (χ1n) is 8.80. The fourth-order valence-corrected chi connectivity index (χ4v) is 4.90. The highest BCUT2D eigenvalue weighted by Gasteiger charge is 2.17. The first-order chi connectivity index (χ1) is 13.1. The fourth-order valence-electron chi connectivity index (χ4n) is 3.10. The lowest BCUT2D eigenvalue weighted by molar-refractivity contribution is -0.115. The molecule has 0 radical (unpaired) electrons. The van der Waals surface area contributed by atoms with Crippen LogP contribution in [0.2, 0.25) is 0 Å². The zero-order valence-corrected chi connectivity index (χ0v) is 17.1. The lowest BCUT2D eigenvalue weighted by atomic mass is 10.3. The third kappa shape index (κ3) is 3.33.